The third-order valence-corrected chi connectivity index (χ3v) is 3.74. The number of para-hydroxylation sites is 2. The van der Waals surface area contributed by atoms with Crippen molar-refractivity contribution in [1.82, 2.24) is 9.97 Å². The number of esters is 1. The molecule has 0 fully saturated rings. The van der Waals surface area contributed by atoms with E-state index in [4.69, 9.17) is 4.74 Å². The van der Waals surface area contributed by atoms with E-state index < -0.39 is 17.6 Å². The summed E-state index contributed by atoms with van der Waals surface area (Å²) in [5, 5.41) is 5.66. The summed E-state index contributed by atoms with van der Waals surface area (Å²) in [5.41, 5.74) is 0.524. The van der Waals surface area contributed by atoms with Gasteiger partial charge in [0.1, 0.15) is 34.8 Å². The Morgan fingerprint density at radius 2 is 1.64 bits per heavy atom. The maximum atomic E-state index is 13.9. The zero-order valence-electron chi connectivity index (χ0n) is 15.3. The van der Waals surface area contributed by atoms with Crippen LogP contribution in [0, 0.1) is 18.6 Å². The van der Waals surface area contributed by atoms with Gasteiger partial charge in [0.05, 0.1) is 17.9 Å². The zero-order chi connectivity index (χ0) is 20.1. The molecule has 28 heavy (non-hydrogen) atoms. The van der Waals surface area contributed by atoms with E-state index in [0.29, 0.717) is 22.9 Å². The highest BCUT2D eigenvalue weighted by Gasteiger charge is 2.14. The Labute approximate surface area is 160 Å². The average Bonchev–Trinajstić information content (AvgIpc) is 2.65. The van der Waals surface area contributed by atoms with Crippen LogP contribution in [-0.4, -0.2) is 22.5 Å². The minimum absolute atomic E-state index is 0.201. The number of aryl methyl sites for hydroxylation is 1. The molecular weight excluding hydrogens is 366 g/mol. The van der Waals surface area contributed by atoms with Crippen LogP contribution >= 0.6 is 0 Å². The predicted molar refractivity (Wildman–Crippen MR) is 102 cm³/mol. The number of benzene rings is 2. The van der Waals surface area contributed by atoms with Crippen LogP contribution in [0.3, 0.4) is 0 Å². The van der Waals surface area contributed by atoms with Crippen molar-refractivity contribution in [3.05, 3.63) is 71.6 Å². The number of rotatable bonds is 6. The van der Waals surface area contributed by atoms with Gasteiger partial charge in [-0.25, -0.2) is 23.5 Å². The Morgan fingerprint density at radius 3 is 2.32 bits per heavy atom. The Hall–Kier alpha value is -3.55. The van der Waals surface area contributed by atoms with E-state index in [1.54, 1.807) is 38.1 Å². The Morgan fingerprint density at radius 1 is 1.00 bits per heavy atom. The minimum Gasteiger partial charge on any atom is -0.462 e. The van der Waals surface area contributed by atoms with Gasteiger partial charge >= 0.3 is 5.97 Å². The molecule has 0 aliphatic carbocycles. The molecule has 0 aliphatic heterocycles. The molecule has 2 N–H and O–H groups in total. The average molecular weight is 384 g/mol. The minimum atomic E-state index is -0.738. The second kappa shape index (κ2) is 8.43. The summed E-state index contributed by atoms with van der Waals surface area (Å²) in [4.78, 5) is 20.5. The van der Waals surface area contributed by atoms with Gasteiger partial charge in [0, 0.05) is 6.07 Å². The molecule has 0 bridgehead atoms. The van der Waals surface area contributed by atoms with E-state index in [1.807, 2.05) is 0 Å². The normalized spacial score (nSPS) is 10.4. The number of hydrogen-bond donors (Lipinski definition) is 2. The van der Waals surface area contributed by atoms with E-state index in [2.05, 4.69) is 20.6 Å². The Balaban J connectivity index is 1.90. The van der Waals surface area contributed by atoms with Crippen LogP contribution in [0.15, 0.2) is 48.5 Å². The van der Waals surface area contributed by atoms with Crippen molar-refractivity contribution < 1.29 is 18.3 Å². The highest BCUT2D eigenvalue weighted by atomic mass is 19.1. The summed E-state index contributed by atoms with van der Waals surface area (Å²) in [6.07, 6.45) is 0. The number of nitrogens with zero attached hydrogens (tertiary/aromatic N) is 2. The fourth-order valence-corrected chi connectivity index (χ4v) is 2.56. The molecule has 0 spiro atoms. The van der Waals surface area contributed by atoms with E-state index in [9.17, 15) is 13.6 Å². The van der Waals surface area contributed by atoms with Crippen molar-refractivity contribution in [3.63, 3.8) is 0 Å². The molecule has 6 nitrogen and oxygen atoms in total. The fraction of sp³-hybridized carbons (Fsp3) is 0.150. The Kier molecular flexibility index (Phi) is 5.78. The van der Waals surface area contributed by atoms with Gasteiger partial charge < -0.3 is 15.4 Å². The van der Waals surface area contributed by atoms with E-state index in [1.165, 1.54) is 12.1 Å². The van der Waals surface area contributed by atoms with Crippen molar-refractivity contribution >= 4 is 29.0 Å². The molecule has 144 valence electrons. The van der Waals surface area contributed by atoms with Crippen molar-refractivity contribution in [2.24, 2.45) is 0 Å². The van der Waals surface area contributed by atoms with Crippen molar-refractivity contribution in [2.75, 3.05) is 17.2 Å². The van der Waals surface area contributed by atoms with Gasteiger partial charge in [0.25, 0.3) is 0 Å². The zero-order valence-corrected chi connectivity index (χ0v) is 15.3. The highest BCUT2D eigenvalue weighted by molar-refractivity contribution is 5.96. The number of ether oxygens (including phenoxy) is 1. The number of anilines is 4. The predicted octanol–water partition coefficient (Wildman–Crippen LogP) is 4.73. The molecule has 0 atom stereocenters. The number of aromatic nitrogens is 2. The first kappa shape index (κ1) is 19.2. The summed E-state index contributed by atoms with van der Waals surface area (Å²) in [5.74, 6) is -1.02. The molecule has 3 rings (SSSR count). The van der Waals surface area contributed by atoms with Crippen LogP contribution in [0.1, 0.15) is 23.1 Å². The lowest BCUT2D eigenvalue weighted by atomic mass is 10.2. The van der Waals surface area contributed by atoms with E-state index in [0.717, 1.165) is 12.1 Å². The van der Waals surface area contributed by atoms with Crippen LogP contribution in [0.5, 0.6) is 0 Å². The second-order valence-corrected chi connectivity index (χ2v) is 5.80. The number of halogens is 2. The summed E-state index contributed by atoms with van der Waals surface area (Å²) in [6, 6.07) is 11.9. The molecule has 8 heteroatoms. The van der Waals surface area contributed by atoms with Gasteiger partial charge in [0.15, 0.2) is 0 Å². The fourth-order valence-electron chi connectivity index (χ4n) is 2.56. The molecule has 0 saturated carbocycles. The molecule has 0 radical (unpaired) electrons. The van der Waals surface area contributed by atoms with Crippen LogP contribution in [0.2, 0.25) is 0 Å². The first-order valence-corrected chi connectivity index (χ1v) is 8.58. The first-order chi connectivity index (χ1) is 13.5. The third kappa shape index (κ3) is 4.40. The smallest absolute Gasteiger partial charge is 0.340 e. The SMILES string of the molecule is CCOC(=O)c1ccccc1Nc1cc(Nc2c(F)cccc2F)nc(C)n1. The second-order valence-electron chi connectivity index (χ2n) is 5.80. The van der Waals surface area contributed by atoms with Crippen molar-refractivity contribution in [3.8, 4) is 0 Å². The largest absolute Gasteiger partial charge is 0.462 e. The summed E-state index contributed by atoms with van der Waals surface area (Å²) < 4.78 is 32.8. The lowest BCUT2D eigenvalue weighted by Gasteiger charge is -2.13. The highest BCUT2D eigenvalue weighted by Crippen LogP contribution is 2.25. The molecule has 3 aromatic rings. The lowest BCUT2D eigenvalue weighted by Crippen LogP contribution is -2.09. The maximum absolute atomic E-state index is 13.9. The van der Waals surface area contributed by atoms with Gasteiger partial charge in [0.2, 0.25) is 0 Å². The summed E-state index contributed by atoms with van der Waals surface area (Å²) in [7, 11) is 0. The number of carbonyl (C=O) groups excluding carboxylic acids is 1. The number of carbonyl (C=O) groups is 1. The van der Waals surface area contributed by atoms with Crippen molar-refractivity contribution in [2.45, 2.75) is 13.8 Å². The molecule has 0 amide bonds. The summed E-state index contributed by atoms with van der Waals surface area (Å²) in [6.45, 7) is 3.62. The monoisotopic (exact) mass is 384 g/mol. The van der Waals surface area contributed by atoms with Crippen LogP contribution < -0.4 is 10.6 Å². The van der Waals surface area contributed by atoms with Gasteiger partial charge in [-0.15, -0.1) is 0 Å². The molecule has 2 aromatic carbocycles. The third-order valence-electron chi connectivity index (χ3n) is 3.74. The van der Waals surface area contributed by atoms with Crippen molar-refractivity contribution in [1.29, 1.82) is 0 Å². The molecule has 0 aliphatic rings. The van der Waals surface area contributed by atoms with Crippen LogP contribution in [0.4, 0.5) is 31.8 Å². The number of hydrogen-bond acceptors (Lipinski definition) is 6. The molecule has 1 aromatic heterocycles. The van der Waals surface area contributed by atoms with Gasteiger partial charge in [-0.1, -0.05) is 18.2 Å². The number of nitrogens with one attached hydrogen (secondary N) is 2. The topological polar surface area (TPSA) is 76.1 Å². The molecule has 1 heterocycles. The molecule has 0 unspecified atom stereocenters. The first-order valence-electron chi connectivity index (χ1n) is 8.58. The van der Waals surface area contributed by atoms with Crippen LogP contribution in [-0.2, 0) is 4.74 Å². The van der Waals surface area contributed by atoms with Gasteiger partial charge in [-0.05, 0) is 38.1 Å². The van der Waals surface area contributed by atoms with E-state index >= 15 is 0 Å². The Bertz CT molecular complexity index is 991. The van der Waals surface area contributed by atoms with Crippen LogP contribution in [0.25, 0.3) is 0 Å². The quantitative estimate of drug-likeness (QED) is 0.599. The van der Waals surface area contributed by atoms with E-state index in [-0.39, 0.29) is 18.1 Å². The lowest BCUT2D eigenvalue weighted by molar-refractivity contribution is 0.0527. The maximum Gasteiger partial charge on any atom is 0.340 e. The van der Waals surface area contributed by atoms with Gasteiger partial charge in [-0.3, -0.25) is 0 Å². The van der Waals surface area contributed by atoms with Gasteiger partial charge in [-0.2, -0.15) is 0 Å². The summed E-state index contributed by atoms with van der Waals surface area (Å²) >= 11 is 0. The molecular formula is C20H18F2N4O2. The molecule has 0 saturated heterocycles. The standard InChI is InChI=1S/C20H18F2N4O2/c1-3-28-20(27)13-7-4-5-10-16(13)25-17-11-18(24-12(2)23-17)26-19-14(21)8-6-9-15(19)22/h4-11H,3H2,1-2H3,(H2,23,24,25,26).